The fourth-order valence-electron chi connectivity index (χ4n) is 4.34. The van der Waals surface area contributed by atoms with Crippen LogP contribution >= 0.6 is 0 Å². The van der Waals surface area contributed by atoms with E-state index < -0.39 is 5.41 Å². The number of carbonyl (C=O) groups excluding carboxylic acids is 1. The van der Waals surface area contributed by atoms with Gasteiger partial charge in [-0.25, -0.2) is 0 Å². The molecule has 0 aromatic carbocycles. The Morgan fingerprint density at radius 2 is 1.80 bits per heavy atom. The van der Waals surface area contributed by atoms with Gasteiger partial charge in [-0.3, -0.25) is 4.79 Å². The van der Waals surface area contributed by atoms with Crippen LogP contribution in [0.1, 0.15) is 78.6 Å². The summed E-state index contributed by atoms with van der Waals surface area (Å²) in [6.45, 7) is 6.53. The maximum atomic E-state index is 12.0. The van der Waals surface area contributed by atoms with E-state index in [9.17, 15) is 4.79 Å². The second-order valence-corrected chi connectivity index (χ2v) is 8.63. The summed E-state index contributed by atoms with van der Waals surface area (Å²) in [6, 6.07) is 0. The lowest BCUT2D eigenvalue weighted by atomic mass is 9.67. The van der Waals surface area contributed by atoms with E-state index in [1.54, 1.807) is 7.11 Å². The molecule has 0 aromatic heterocycles. The van der Waals surface area contributed by atoms with Crippen molar-refractivity contribution < 1.29 is 19.0 Å². The third-order valence-electron chi connectivity index (χ3n) is 6.49. The van der Waals surface area contributed by atoms with Gasteiger partial charge >= 0.3 is 5.97 Å². The van der Waals surface area contributed by atoms with Crippen LogP contribution in [-0.4, -0.2) is 32.6 Å². The highest BCUT2D eigenvalue weighted by atomic mass is 16.7. The van der Waals surface area contributed by atoms with Crippen LogP contribution in [0.25, 0.3) is 0 Å². The number of esters is 1. The Morgan fingerprint density at radius 1 is 1.08 bits per heavy atom. The molecule has 0 bridgehead atoms. The van der Waals surface area contributed by atoms with Crippen molar-refractivity contribution in [3.8, 4) is 0 Å². The molecule has 25 heavy (non-hydrogen) atoms. The van der Waals surface area contributed by atoms with E-state index in [2.05, 4.69) is 0 Å². The molecule has 0 spiro atoms. The first-order valence-corrected chi connectivity index (χ1v) is 10.3. The molecule has 4 heteroatoms. The number of methoxy groups -OCH3 is 1. The van der Waals surface area contributed by atoms with Crippen molar-refractivity contribution >= 4 is 5.97 Å². The van der Waals surface area contributed by atoms with Gasteiger partial charge < -0.3 is 14.2 Å². The van der Waals surface area contributed by atoms with E-state index in [-0.39, 0.29) is 12.3 Å². The zero-order chi connectivity index (χ0) is 18.3. The average Bonchev–Trinajstić information content (AvgIpc) is 2.63. The van der Waals surface area contributed by atoms with E-state index >= 15 is 0 Å². The largest absolute Gasteiger partial charge is 0.463 e. The van der Waals surface area contributed by atoms with Crippen LogP contribution in [0.2, 0.25) is 0 Å². The first kappa shape index (κ1) is 20.7. The lowest BCUT2D eigenvalue weighted by molar-refractivity contribution is -0.166. The minimum absolute atomic E-state index is 0.150. The molecule has 0 aromatic rings. The lowest BCUT2D eigenvalue weighted by Crippen LogP contribution is -2.31. The van der Waals surface area contributed by atoms with Gasteiger partial charge in [0.25, 0.3) is 0 Å². The molecule has 4 unspecified atom stereocenters. The standard InChI is InChI=1S/C21H38O4/c1-5-21(2,3)20(22)25-13-12-24-19(23-4)15-16-10-11-17-8-6-7-9-18(17)14-16/h16-19H,5-15H2,1-4H3. The molecule has 0 heterocycles. The van der Waals surface area contributed by atoms with Crippen LogP contribution in [0.15, 0.2) is 0 Å². The molecule has 0 saturated heterocycles. The molecule has 146 valence electrons. The first-order valence-electron chi connectivity index (χ1n) is 10.3. The van der Waals surface area contributed by atoms with E-state index in [1.165, 1.54) is 44.9 Å². The van der Waals surface area contributed by atoms with Crippen LogP contribution in [0.4, 0.5) is 0 Å². The van der Waals surface area contributed by atoms with Gasteiger partial charge in [0.2, 0.25) is 0 Å². The monoisotopic (exact) mass is 354 g/mol. The van der Waals surface area contributed by atoms with Gasteiger partial charge in [0.05, 0.1) is 12.0 Å². The number of hydrogen-bond donors (Lipinski definition) is 0. The third kappa shape index (κ3) is 6.25. The second kappa shape index (κ2) is 9.91. The molecule has 2 aliphatic rings. The number of ether oxygens (including phenoxy) is 3. The fraction of sp³-hybridized carbons (Fsp3) is 0.952. The Labute approximate surface area is 154 Å². The van der Waals surface area contributed by atoms with Gasteiger partial charge in [-0.2, -0.15) is 0 Å². The normalized spacial score (nSPS) is 28.2. The van der Waals surface area contributed by atoms with E-state index in [0.717, 1.165) is 24.7 Å². The summed E-state index contributed by atoms with van der Waals surface area (Å²) in [5.74, 6) is 2.48. The maximum Gasteiger partial charge on any atom is 0.311 e. The maximum absolute atomic E-state index is 12.0. The third-order valence-corrected chi connectivity index (χ3v) is 6.49. The molecule has 4 nitrogen and oxygen atoms in total. The van der Waals surface area contributed by atoms with E-state index in [1.807, 2.05) is 20.8 Å². The van der Waals surface area contributed by atoms with Crippen LogP contribution in [0.5, 0.6) is 0 Å². The molecule has 0 radical (unpaired) electrons. The Balaban J connectivity index is 1.66. The molecule has 0 aliphatic heterocycles. The zero-order valence-electron chi connectivity index (χ0n) is 16.7. The predicted molar refractivity (Wildman–Crippen MR) is 99.2 cm³/mol. The van der Waals surface area contributed by atoms with Crippen LogP contribution < -0.4 is 0 Å². The number of hydrogen-bond acceptors (Lipinski definition) is 4. The minimum Gasteiger partial charge on any atom is -0.463 e. The summed E-state index contributed by atoms with van der Waals surface area (Å²) in [5.41, 5.74) is -0.417. The number of rotatable bonds is 9. The summed E-state index contributed by atoms with van der Waals surface area (Å²) in [5, 5.41) is 0. The van der Waals surface area contributed by atoms with E-state index in [4.69, 9.17) is 14.2 Å². The van der Waals surface area contributed by atoms with Gasteiger partial charge in [0, 0.05) is 13.5 Å². The smallest absolute Gasteiger partial charge is 0.311 e. The van der Waals surface area contributed by atoms with Gasteiger partial charge in [-0.1, -0.05) is 32.6 Å². The molecule has 2 aliphatic carbocycles. The van der Waals surface area contributed by atoms with Crippen molar-refractivity contribution in [2.75, 3.05) is 20.3 Å². The predicted octanol–water partition coefficient (Wildman–Crippen LogP) is 4.95. The van der Waals surface area contributed by atoms with Crippen LogP contribution in [0, 0.1) is 23.2 Å². The van der Waals surface area contributed by atoms with Gasteiger partial charge in [-0.15, -0.1) is 0 Å². The second-order valence-electron chi connectivity index (χ2n) is 8.63. The van der Waals surface area contributed by atoms with Gasteiger partial charge in [0.15, 0.2) is 6.29 Å². The minimum atomic E-state index is -0.417. The molecule has 0 amide bonds. The first-order chi connectivity index (χ1) is 12.0. The summed E-state index contributed by atoms with van der Waals surface area (Å²) in [4.78, 5) is 12.0. The number of carbonyl (C=O) groups is 1. The van der Waals surface area contributed by atoms with Crippen molar-refractivity contribution in [3.05, 3.63) is 0 Å². The van der Waals surface area contributed by atoms with Crippen LogP contribution in [0.3, 0.4) is 0 Å². The summed E-state index contributed by atoms with van der Waals surface area (Å²) >= 11 is 0. The summed E-state index contributed by atoms with van der Waals surface area (Å²) in [6.07, 6.45) is 11.3. The van der Waals surface area contributed by atoms with Gasteiger partial charge in [0.1, 0.15) is 6.61 Å². The van der Waals surface area contributed by atoms with E-state index in [0.29, 0.717) is 19.1 Å². The topological polar surface area (TPSA) is 44.8 Å². The van der Waals surface area contributed by atoms with Crippen LogP contribution in [-0.2, 0) is 19.0 Å². The highest BCUT2D eigenvalue weighted by molar-refractivity contribution is 5.75. The van der Waals surface area contributed by atoms with Crippen molar-refractivity contribution in [1.29, 1.82) is 0 Å². The Bertz CT molecular complexity index is 407. The summed E-state index contributed by atoms with van der Waals surface area (Å²) < 4.78 is 16.7. The fourth-order valence-corrected chi connectivity index (χ4v) is 4.34. The average molecular weight is 355 g/mol. The van der Waals surface area contributed by atoms with Crippen molar-refractivity contribution in [1.82, 2.24) is 0 Å². The summed E-state index contributed by atoms with van der Waals surface area (Å²) in [7, 11) is 1.71. The van der Waals surface area contributed by atoms with Crippen molar-refractivity contribution in [3.63, 3.8) is 0 Å². The molecule has 4 atom stereocenters. The molecule has 2 fully saturated rings. The highest BCUT2D eigenvalue weighted by Crippen LogP contribution is 2.44. The molecular weight excluding hydrogens is 316 g/mol. The number of fused-ring (bicyclic) bond motifs is 1. The van der Waals surface area contributed by atoms with Gasteiger partial charge in [-0.05, 0) is 57.3 Å². The highest BCUT2D eigenvalue weighted by Gasteiger charge is 2.33. The zero-order valence-corrected chi connectivity index (χ0v) is 16.7. The SMILES string of the molecule is CCC(C)(C)C(=O)OCCOC(CC1CCC2CCCCC2C1)OC. The molecular formula is C21H38O4. The molecule has 2 saturated carbocycles. The Hall–Kier alpha value is -0.610. The molecule has 2 rings (SSSR count). The Kier molecular flexibility index (Phi) is 8.21. The lowest BCUT2D eigenvalue weighted by Gasteiger charge is -2.40. The Morgan fingerprint density at radius 3 is 2.48 bits per heavy atom. The van der Waals surface area contributed by atoms with Crippen molar-refractivity contribution in [2.24, 2.45) is 23.2 Å². The van der Waals surface area contributed by atoms with Crippen molar-refractivity contribution in [2.45, 2.75) is 84.8 Å². The quantitative estimate of drug-likeness (QED) is 0.334. The molecule has 0 N–H and O–H groups in total.